The highest BCUT2D eigenvalue weighted by Gasteiger charge is 2.06. The van der Waals surface area contributed by atoms with E-state index in [4.69, 9.17) is 0 Å². The Morgan fingerprint density at radius 3 is 2.64 bits per heavy atom. The van der Waals surface area contributed by atoms with Gasteiger partial charge in [0, 0.05) is 29.0 Å². The molecule has 2 aromatic rings. The van der Waals surface area contributed by atoms with E-state index in [2.05, 4.69) is 48.7 Å². The maximum absolute atomic E-state index is 4.46. The lowest BCUT2D eigenvalue weighted by molar-refractivity contribution is 0.622. The molecule has 0 spiro atoms. The van der Waals surface area contributed by atoms with Gasteiger partial charge in [0.15, 0.2) is 0 Å². The molecular formula is C12H16N2. The highest BCUT2D eigenvalue weighted by molar-refractivity contribution is 5.82. The van der Waals surface area contributed by atoms with Crippen LogP contribution in [0.4, 0.5) is 0 Å². The minimum absolute atomic E-state index is 0.508. The number of aromatic nitrogens is 2. The van der Waals surface area contributed by atoms with Gasteiger partial charge in [-0.25, -0.2) is 0 Å². The van der Waals surface area contributed by atoms with E-state index in [0.29, 0.717) is 6.04 Å². The molecule has 74 valence electrons. The van der Waals surface area contributed by atoms with Crippen molar-refractivity contribution in [1.82, 2.24) is 9.55 Å². The van der Waals surface area contributed by atoms with Gasteiger partial charge in [0.1, 0.15) is 0 Å². The zero-order valence-electron chi connectivity index (χ0n) is 9.20. The number of rotatable bonds is 1. The number of pyridine rings is 1. The summed E-state index contributed by atoms with van der Waals surface area (Å²) in [6.45, 7) is 8.51. The zero-order valence-corrected chi connectivity index (χ0v) is 9.20. The maximum atomic E-state index is 4.46. The monoisotopic (exact) mass is 188 g/mol. The van der Waals surface area contributed by atoms with Crippen LogP contribution in [0.3, 0.4) is 0 Å². The van der Waals surface area contributed by atoms with Gasteiger partial charge >= 0.3 is 0 Å². The van der Waals surface area contributed by atoms with Gasteiger partial charge in [-0.3, -0.25) is 4.98 Å². The number of hydrogen-bond acceptors (Lipinski definition) is 1. The maximum Gasteiger partial charge on any atom is 0.0519 e. The first-order valence-corrected chi connectivity index (χ1v) is 5.04. The smallest absolute Gasteiger partial charge is 0.0519 e. The Labute approximate surface area is 84.6 Å². The van der Waals surface area contributed by atoms with E-state index >= 15 is 0 Å². The third kappa shape index (κ3) is 1.31. The van der Waals surface area contributed by atoms with E-state index < -0.39 is 0 Å². The van der Waals surface area contributed by atoms with Crippen LogP contribution in [0.15, 0.2) is 18.3 Å². The lowest BCUT2D eigenvalue weighted by Gasteiger charge is -2.09. The molecule has 2 heterocycles. The quantitative estimate of drug-likeness (QED) is 0.671. The Kier molecular flexibility index (Phi) is 2.06. The van der Waals surface area contributed by atoms with E-state index in [1.807, 2.05) is 6.92 Å². The van der Waals surface area contributed by atoms with Gasteiger partial charge in [-0.05, 0) is 39.8 Å². The van der Waals surface area contributed by atoms with Crippen molar-refractivity contribution in [3.8, 4) is 0 Å². The average Bonchev–Trinajstić information content (AvgIpc) is 2.47. The first-order chi connectivity index (χ1) is 6.59. The molecule has 2 heteroatoms. The largest absolute Gasteiger partial charge is 0.345 e. The zero-order chi connectivity index (χ0) is 10.3. The van der Waals surface area contributed by atoms with Gasteiger partial charge in [-0.2, -0.15) is 0 Å². The summed E-state index contributed by atoms with van der Waals surface area (Å²) in [7, 11) is 0. The van der Waals surface area contributed by atoms with E-state index in [0.717, 1.165) is 11.4 Å². The van der Waals surface area contributed by atoms with Crippen molar-refractivity contribution >= 4 is 10.9 Å². The van der Waals surface area contributed by atoms with Crippen LogP contribution < -0.4 is 0 Å². The first-order valence-electron chi connectivity index (χ1n) is 5.04. The van der Waals surface area contributed by atoms with Crippen LogP contribution in [0.5, 0.6) is 0 Å². The standard InChI is InChI=1S/C12H16N2/c1-8(2)14-6-5-11-10(4)13-9(3)7-12(11)14/h5-8H,1-4H3. The molecular weight excluding hydrogens is 172 g/mol. The third-order valence-electron chi connectivity index (χ3n) is 2.59. The highest BCUT2D eigenvalue weighted by atomic mass is 15.0. The fourth-order valence-electron chi connectivity index (χ4n) is 1.92. The van der Waals surface area contributed by atoms with Crippen LogP contribution >= 0.6 is 0 Å². The van der Waals surface area contributed by atoms with Gasteiger partial charge in [0.2, 0.25) is 0 Å². The fourth-order valence-corrected chi connectivity index (χ4v) is 1.92. The molecule has 0 N–H and O–H groups in total. The van der Waals surface area contributed by atoms with Crippen LogP contribution in [0.2, 0.25) is 0 Å². The number of hydrogen-bond donors (Lipinski definition) is 0. The average molecular weight is 188 g/mol. The van der Waals surface area contributed by atoms with E-state index in [-0.39, 0.29) is 0 Å². The molecule has 2 rings (SSSR count). The number of fused-ring (bicyclic) bond motifs is 1. The normalized spacial score (nSPS) is 11.5. The van der Waals surface area contributed by atoms with Crippen LogP contribution in [-0.4, -0.2) is 9.55 Å². The first kappa shape index (κ1) is 9.25. The van der Waals surface area contributed by atoms with Gasteiger partial charge in [-0.15, -0.1) is 0 Å². The van der Waals surface area contributed by atoms with Gasteiger partial charge in [0.25, 0.3) is 0 Å². The second-order valence-corrected chi connectivity index (χ2v) is 4.10. The molecule has 2 nitrogen and oxygen atoms in total. The summed E-state index contributed by atoms with van der Waals surface area (Å²) in [6.07, 6.45) is 2.14. The van der Waals surface area contributed by atoms with Crippen LogP contribution in [-0.2, 0) is 0 Å². The summed E-state index contributed by atoms with van der Waals surface area (Å²) in [5.41, 5.74) is 3.51. The van der Waals surface area contributed by atoms with E-state index in [9.17, 15) is 0 Å². The predicted octanol–water partition coefficient (Wildman–Crippen LogP) is 3.23. The Morgan fingerprint density at radius 1 is 1.29 bits per heavy atom. The highest BCUT2D eigenvalue weighted by Crippen LogP contribution is 2.22. The molecule has 0 aliphatic rings. The van der Waals surface area contributed by atoms with Crippen LogP contribution in [0.25, 0.3) is 10.9 Å². The van der Waals surface area contributed by atoms with Crippen LogP contribution in [0.1, 0.15) is 31.3 Å². The Balaban J connectivity index is 2.78. The predicted molar refractivity (Wildman–Crippen MR) is 59.6 cm³/mol. The molecule has 0 fully saturated rings. The summed E-state index contributed by atoms with van der Waals surface area (Å²) in [4.78, 5) is 4.46. The van der Waals surface area contributed by atoms with Crippen molar-refractivity contribution < 1.29 is 0 Å². The van der Waals surface area contributed by atoms with E-state index in [1.54, 1.807) is 0 Å². The fraction of sp³-hybridized carbons (Fsp3) is 0.417. The summed E-state index contributed by atoms with van der Waals surface area (Å²) in [6, 6.07) is 4.81. The van der Waals surface area contributed by atoms with Crippen molar-refractivity contribution in [2.75, 3.05) is 0 Å². The molecule has 0 aromatic carbocycles. The SMILES string of the molecule is Cc1cc2c(ccn2C(C)C)c(C)n1. The Hall–Kier alpha value is -1.31. The third-order valence-corrected chi connectivity index (χ3v) is 2.59. The molecule has 0 aliphatic carbocycles. The van der Waals surface area contributed by atoms with Crippen molar-refractivity contribution in [1.29, 1.82) is 0 Å². The van der Waals surface area contributed by atoms with Crippen LogP contribution in [0, 0.1) is 13.8 Å². The lowest BCUT2D eigenvalue weighted by Crippen LogP contribution is -1.99. The van der Waals surface area contributed by atoms with Crippen molar-refractivity contribution in [2.45, 2.75) is 33.7 Å². The van der Waals surface area contributed by atoms with Crippen molar-refractivity contribution in [3.05, 3.63) is 29.7 Å². The molecule has 0 saturated carbocycles. The minimum Gasteiger partial charge on any atom is -0.345 e. The summed E-state index contributed by atoms with van der Waals surface area (Å²) < 4.78 is 2.29. The second-order valence-electron chi connectivity index (χ2n) is 4.10. The molecule has 0 amide bonds. The molecule has 0 unspecified atom stereocenters. The van der Waals surface area contributed by atoms with E-state index in [1.165, 1.54) is 10.9 Å². The number of aryl methyl sites for hydroxylation is 2. The summed E-state index contributed by atoms with van der Waals surface area (Å²) >= 11 is 0. The Bertz CT molecular complexity index is 466. The molecule has 0 radical (unpaired) electrons. The second kappa shape index (κ2) is 3.12. The minimum atomic E-state index is 0.508. The van der Waals surface area contributed by atoms with Crippen molar-refractivity contribution in [2.24, 2.45) is 0 Å². The molecule has 14 heavy (non-hydrogen) atoms. The molecule has 0 atom stereocenters. The summed E-state index contributed by atoms with van der Waals surface area (Å²) in [5.74, 6) is 0. The summed E-state index contributed by atoms with van der Waals surface area (Å²) in [5, 5.41) is 1.27. The van der Waals surface area contributed by atoms with Gasteiger partial charge in [0.05, 0.1) is 5.52 Å². The van der Waals surface area contributed by atoms with Gasteiger partial charge in [-0.1, -0.05) is 0 Å². The number of nitrogens with zero attached hydrogens (tertiary/aromatic N) is 2. The molecule has 0 saturated heterocycles. The molecule has 0 aliphatic heterocycles. The van der Waals surface area contributed by atoms with Crippen molar-refractivity contribution in [3.63, 3.8) is 0 Å². The van der Waals surface area contributed by atoms with Gasteiger partial charge < -0.3 is 4.57 Å². The topological polar surface area (TPSA) is 17.8 Å². The molecule has 0 bridgehead atoms. The molecule has 2 aromatic heterocycles. The Morgan fingerprint density at radius 2 is 2.00 bits per heavy atom. The lowest BCUT2D eigenvalue weighted by atomic mass is 10.2.